The van der Waals surface area contributed by atoms with Gasteiger partial charge in [0.15, 0.2) is 0 Å². The van der Waals surface area contributed by atoms with Crippen LogP contribution in [0.25, 0.3) is 27.8 Å². The molecule has 4 aromatic heterocycles. The number of rotatable bonds is 4. The van der Waals surface area contributed by atoms with Crippen LogP contribution in [0, 0.1) is 29.5 Å². The topological polar surface area (TPSA) is 108 Å². The van der Waals surface area contributed by atoms with Crippen LogP contribution in [0.5, 0.6) is 0 Å². The Morgan fingerprint density at radius 2 is 1.97 bits per heavy atom. The Kier molecular flexibility index (Phi) is 4.17. The van der Waals surface area contributed by atoms with Gasteiger partial charge in [0.2, 0.25) is 11.9 Å². The molecular weight excluding hydrogens is 418 g/mol. The van der Waals surface area contributed by atoms with Gasteiger partial charge in [0.25, 0.3) is 0 Å². The Balaban J connectivity index is 1.48. The van der Waals surface area contributed by atoms with Crippen molar-refractivity contribution in [1.82, 2.24) is 24.6 Å². The van der Waals surface area contributed by atoms with Gasteiger partial charge in [0.05, 0.1) is 17.6 Å². The van der Waals surface area contributed by atoms with Crippen LogP contribution in [-0.4, -0.2) is 41.7 Å². The number of H-pyrrole nitrogens is 1. The van der Waals surface area contributed by atoms with Crippen molar-refractivity contribution in [3.8, 4) is 11.3 Å². The fourth-order valence-corrected chi connectivity index (χ4v) is 5.56. The number of carboxylic acids is 1. The molecule has 2 atom stereocenters. The number of nitrogens with one attached hydrogen (secondary N) is 2. The highest BCUT2D eigenvalue weighted by atomic mass is 19.1. The van der Waals surface area contributed by atoms with Gasteiger partial charge in [-0.05, 0) is 55.7 Å². The highest BCUT2D eigenvalue weighted by Crippen LogP contribution is 2.46. The molecule has 3 aliphatic rings. The smallest absolute Gasteiger partial charge is 0.308 e. The zero-order valence-electron chi connectivity index (χ0n) is 16.9. The number of carbonyl (C=O) groups is 1. The minimum Gasteiger partial charge on any atom is -0.481 e. The number of carboxylic acid groups (broad SMARTS) is 1. The summed E-state index contributed by atoms with van der Waals surface area (Å²) in [5, 5.41) is 17.9. The van der Waals surface area contributed by atoms with Crippen LogP contribution in [-0.2, 0) is 4.79 Å². The van der Waals surface area contributed by atoms with Crippen LogP contribution in [0.15, 0.2) is 30.6 Å². The third-order valence-corrected chi connectivity index (χ3v) is 7.02. The van der Waals surface area contributed by atoms with E-state index in [1.165, 1.54) is 12.1 Å². The van der Waals surface area contributed by atoms with Gasteiger partial charge in [-0.15, -0.1) is 5.10 Å². The van der Waals surface area contributed by atoms with Crippen LogP contribution in [0.4, 0.5) is 14.7 Å². The molecule has 0 saturated heterocycles. The standard InChI is InChI=1S/C22H20F2N6O2/c23-12-7-13-14(9-26-20(13)25-8-12)19-15-5-6-16(24)30(15)29-22(28-19)27-18-11-3-1-10(2-4-11)17(18)21(31)32/h5-11,17-18H,1-4H2,(H,25,26)(H,27,29)(H,31,32)/t10-,11+,17-,18?/m0/s1. The molecule has 0 radical (unpaired) electrons. The molecule has 0 aromatic carbocycles. The minimum atomic E-state index is -0.830. The lowest BCUT2D eigenvalue weighted by Crippen LogP contribution is -2.51. The van der Waals surface area contributed by atoms with E-state index in [9.17, 15) is 18.7 Å². The van der Waals surface area contributed by atoms with Crippen LogP contribution in [0.2, 0.25) is 0 Å². The molecule has 0 spiro atoms. The number of pyridine rings is 1. The second-order valence-electron chi connectivity index (χ2n) is 8.70. The van der Waals surface area contributed by atoms with Crippen molar-refractivity contribution in [2.75, 3.05) is 5.32 Å². The molecule has 32 heavy (non-hydrogen) atoms. The Bertz CT molecular complexity index is 1360. The fraction of sp³-hybridized carbons (Fsp3) is 0.364. The molecular formula is C22H20F2N6O2. The molecule has 8 nitrogen and oxygen atoms in total. The summed E-state index contributed by atoms with van der Waals surface area (Å²) in [5.41, 5.74) is 1.85. The van der Waals surface area contributed by atoms with Crippen molar-refractivity contribution < 1.29 is 18.7 Å². The van der Waals surface area contributed by atoms with Crippen molar-refractivity contribution in [2.45, 2.75) is 31.7 Å². The van der Waals surface area contributed by atoms with Crippen LogP contribution < -0.4 is 5.32 Å². The number of aliphatic carboxylic acids is 1. The van der Waals surface area contributed by atoms with Gasteiger partial charge in [-0.25, -0.2) is 18.9 Å². The Hall–Kier alpha value is -3.56. The molecule has 0 aliphatic heterocycles. The molecule has 3 aliphatic carbocycles. The van der Waals surface area contributed by atoms with Crippen molar-refractivity contribution in [3.63, 3.8) is 0 Å². The maximum absolute atomic E-state index is 14.5. The predicted molar refractivity (Wildman–Crippen MR) is 112 cm³/mol. The summed E-state index contributed by atoms with van der Waals surface area (Å²) in [7, 11) is 0. The first-order valence-electron chi connectivity index (χ1n) is 10.7. The first kappa shape index (κ1) is 19.1. The zero-order chi connectivity index (χ0) is 22.0. The van der Waals surface area contributed by atoms with Crippen molar-refractivity contribution >= 4 is 28.5 Å². The zero-order valence-corrected chi connectivity index (χ0v) is 16.9. The predicted octanol–water partition coefficient (Wildman–Crippen LogP) is 3.85. The number of nitrogens with zero attached hydrogens (tertiary/aromatic N) is 4. The average Bonchev–Trinajstić information content (AvgIpc) is 3.37. The van der Waals surface area contributed by atoms with Gasteiger partial charge in [0.1, 0.15) is 17.2 Å². The monoisotopic (exact) mass is 438 g/mol. The first-order chi connectivity index (χ1) is 15.5. The van der Waals surface area contributed by atoms with Crippen LogP contribution >= 0.6 is 0 Å². The van der Waals surface area contributed by atoms with Crippen LogP contribution in [0.1, 0.15) is 25.7 Å². The van der Waals surface area contributed by atoms with E-state index >= 15 is 0 Å². The third-order valence-electron chi connectivity index (χ3n) is 7.02. The van der Waals surface area contributed by atoms with Gasteiger partial charge >= 0.3 is 5.97 Å². The van der Waals surface area contributed by atoms with E-state index in [1.807, 2.05) is 0 Å². The molecule has 3 N–H and O–H groups in total. The van der Waals surface area contributed by atoms with Crippen molar-refractivity contribution in [2.24, 2.45) is 17.8 Å². The summed E-state index contributed by atoms with van der Waals surface area (Å²) in [5.74, 6) is -1.98. The molecule has 10 heteroatoms. The molecule has 164 valence electrons. The average molecular weight is 438 g/mol. The van der Waals surface area contributed by atoms with E-state index in [2.05, 4.69) is 25.4 Å². The summed E-state index contributed by atoms with van der Waals surface area (Å²) < 4.78 is 29.5. The number of hydrogen-bond donors (Lipinski definition) is 3. The SMILES string of the molecule is O=C(O)[C@@H]1C(Nc2nc(-c3c[nH]c4ncc(F)cc34)c3ccc(F)n3n2)[C@H]2CC[C@@H]1CC2. The number of fused-ring (bicyclic) bond motifs is 5. The van der Waals surface area contributed by atoms with E-state index in [0.717, 1.165) is 36.4 Å². The van der Waals surface area contributed by atoms with E-state index in [4.69, 9.17) is 0 Å². The molecule has 3 saturated carbocycles. The molecule has 0 amide bonds. The summed E-state index contributed by atoms with van der Waals surface area (Å²) in [6.45, 7) is 0. The Morgan fingerprint density at radius 3 is 2.75 bits per heavy atom. The summed E-state index contributed by atoms with van der Waals surface area (Å²) in [6, 6.07) is 3.86. The lowest BCUT2D eigenvalue weighted by atomic mass is 9.61. The maximum Gasteiger partial charge on any atom is 0.308 e. The molecule has 4 heterocycles. The van der Waals surface area contributed by atoms with E-state index < -0.39 is 23.7 Å². The van der Waals surface area contributed by atoms with Crippen molar-refractivity contribution in [3.05, 3.63) is 42.4 Å². The lowest BCUT2D eigenvalue weighted by Gasteiger charge is -2.46. The van der Waals surface area contributed by atoms with Gasteiger partial charge in [-0.3, -0.25) is 4.79 Å². The maximum atomic E-state index is 14.5. The lowest BCUT2D eigenvalue weighted by molar-refractivity contribution is -0.148. The molecule has 2 bridgehead atoms. The van der Waals surface area contributed by atoms with E-state index in [0.29, 0.717) is 27.8 Å². The normalized spacial score (nSPS) is 24.9. The first-order valence-corrected chi connectivity index (χ1v) is 10.7. The van der Waals surface area contributed by atoms with Crippen LogP contribution in [0.3, 0.4) is 0 Å². The Morgan fingerprint density at radius 1 is 1.19 bits per heavy atom. The third kappa shape index (κ3) is 2.85. The molecule has 3 fully saturated rings. The van der Waals surface area contributed by atoms with Gasteiger partial charge in [0, 0.05) is 23.2 Å². The number of aromatic amines is 1. The molecule has 4 aromatic rings. The fourth-order valence-electron chi connectivity index (χ4n) is 5.56. The number of anilines is 1. The number of halogens is 2. The molecule has 1 unspecified atom stereocenters. The van der Waals surface area contributed by atoms with Crippen molar-refractivity contribution in [1.29, 1.82) is 0 Å². The van der Waals surface area contributed by atoms with E-state index in [1.54, 1.807) is 12.3 Å². The largest absolute Gasteiger partial charge is 0.481 e. The summed E-state index contributed by atoms with van der Waals surface area (Å²) >= 11 is 0. The summed E-state index contributed by atoms with van der Waals surface area (Å²) in [4.78, 5) is 23.7. The van der Waals surface area contributed by atoms with Gasteiger partial charge in [-0.2, -0.15) is 4.39 Å². The molecule has 7 rings (SSSR count). The highest BCUT2D eigenvalue weighted by Gasteiger charge is 2.47. The minimum absolute atomic E-state index is 0.115. The highest BCUT2D eigenvalue weighted by molar-refractivity contribution is 5.96. The van der Waals surface area contributed by atoms with Gasteiger partial charge < -0.3 is 15.4 Å². The number of hydrogen-bond acceptors (Lipinski definition) is 5. The van der Waals surface area contributed by atoms with E-state index in [-0.39, 0.29) is 23.8 Å². The second-order valence-corrected chi connectivity index (χ2v) is 8.70. The second kappa shape index (κ2) is 6.98. The summed E-state index contributed by atoms with van der Waals surface area (Å²) in [6.07, 6.45) is 6.48. The number of aromatic nitrogens is 5. The van der Waals surface area contributed by atoms with Gasteiger partial charge in [-0.1, -0.05) is 0 Å². The Labute approximate surface area is 180 Å². The quantitative estimate of drug-likeness (QED) is 0.447.